The number of ether oxygens (including phenoxy) is 1. The molecule has 0 spiro atoms. The molecule has 0 aromatic carbocycles. The lowest BCUT2D eigenvalue weighted by atomic mass is 9.78. The van der Waals surface area contributed by atoms with E-state index in [1.807, 2.05) is 0 Å². The Morgan fingerprint density at radius 1 is 1.36 bits per heavy atom. The van der Waals surface area contributed by atoms with Crippen molar-refractivity contribution in [2.75, 3.05) is 13.7 Å². The van der Waals surface area contributed by atoms with Gasteiger partial charge < -0.3 is 4.74 Å². The summed E-state index contributed by atoms with van der Waals surface area (Å²) in [6.45, 7) is 3.02. The van der Waals surface area contributed by atoms with E-state index in [0.29, 0.717) is 12.0 Å². The molecule has 14 heavy (non-hydrogen) atoms. The van der Waals surface area contributed by atoms with Crippen molar-refractivity contribution in [1.29, 1.82) is 0 Å². The minimum atomic E-state index is 0.345. The number of nitrogens with one attached hydrogen (secondary N) is 1. The maximum atomic E-state index is 5.53. The molecule has 0 aromatic heterocycles. The van der Waals surface area contributed by atoms with Gasteiger partial charge in [-0.1, -0.05) is 26.2 Å². The molecule has 1 aliphatic rings. The Kier molecular flexibility index (Phi) is 5.45. The zero-order valence-electron chi connectivity index (χ0n) is 9.46. The Balaban J connectivity index is 2.31. The summed E-state index contributed by atoms with van der Waals surface area (Å²) in [4.78, 5) is 0. The average molecular weight is 200 g/mol. The predicted octanol–water partition coefficient (Wildman–Crippen LogP) is 1.68. The summed E-state index contributed by atoms with van der Waals surface area (Å²) >= 11 is 0. The molecule has 1 fully saturated rings. The van der Waals surface area contributed by atoms with Crippen LogP contribution in [0.25, 0.3) is 0 Å². The molecule has 0 radical (unpaired) electrons. The van der Waals surface area contributed by atoms with E-state index in [2.05, 4.69) is 12.3 Å². The van der Waals surface area contributed by atoms with Crippen molar-refractivity contribution in [1.82, 2.24) is 5.43 Å². The number of methoxy groups -OCH3 is 1. The summed E-state index contributed by atoms with van der Waals surface area (Å²) in [7, 11) is 1.74. The second-order valence-corrected chi connectivity index (χ2v) is 4.42. The molecule has 0 amide bonds. The standard InChI is InChI=1S/C11H24N2O/c1-3-9-4-6-10(7-5-9)11(13-12)8-14-2/h9-11,13H,3-8,12H2,1-2H3. The molecule has 1 saturated carbocycles. The van der Waals surface area contributed by atoms with E-state index in [1.165, 1.54) is 32.1 Å². The molecule has 0 aliphatic heterocycles. The van der Waals surface area contributed by atoms with Crippen molar-refractivity contribution in [3.8, 4) is 0 Å². The molecule has 1 atom stereocenters. The molecular weight excluding hydrogens is 176 g/mol. The third-order valence-corrected chi connectivity index (χ3v) is 3.60. The largest absolute Gasteiger partial charge is 0.383 e. The number of hydrazine groups is 1. The smallest absolute Gasteiger partial charge is 0.0632 e. The Labute approximate surface area is 87.4 Å². The van der Waals surface area contributed by atoms with Crippen LogP contribution in [0.15, 0.2) is 0 Å². The monoisotopic (exact) mass is 200 g/mol. The summed E-state index contributed by atoms with van der Waals surface area (Å²) in [6, 6.07) is 0.345. The minimum absolute atomic E-state index is 0.345. The van der Waals surface area contributed by atoms with Crippen molar-refractivity contribution in [2.45, 2.75) is 45.1 Å². The summed E-state index contributed by atoms with van der Waals surface area (Å²) < 4.78 is 5.16. The lowest BCUT2D eigenvalue weighted by Crippen LogP contribution is -2.45. The fraction of sp³-hybridized carbons (Fsp3) is 1.00. The Hall–Kier alpha value is -0.120. The van der Waals surface area contributed by atoms with E-state index in [1.54, 1.807) is 7.11 Å². The van der Waals surface area contributed by atoms with Crippen molar-refractivity contribution in [3.63, 3.8) is 0 Å². The molecule has 3 nitrogen and oxygen atoms in total. The first kappa shape index (κ1) is 12.0. The van der Waals surface area contributed by atoms with Gasteiger partial charge in [0, 0.05) is 13.2 Å². The minimum Gasteiger partial charge on any atom is -0.383 e. The van der Waals surface area contributed by atoms with Crippen LogP contribution in [-0.2, 0) is 4.74 Å². The van der Waals surface area contributed by atoms with Gasteiger partial charge in [0.2, 0.25) is 0 Å². The first-order chi connectivity index (χ1) is 6.81. The second-order valence-electron chi connectivity index (χ2n) is 4.42. The maximum Gasteiger partial charge on any atom is 0.0632 e. The van der Waals surface area contributed by atoms with E-state index in [-0.39, 0.29) is 0 Å². The molecule has 1 aliphatic carbocycles. The zero-order valence-corrected chi connectivity index (χ0v) is 9.46. The van der Waals surface area contributed by atoms with Crippen LogP contribution >= 0.6 is 0 Å². The van der Waals surface area contributed by atoms with Gasteiger partial charge in [-0.25, -0.2) is 0 Å². The molecule has 0 saturated heterocycles. The number of nitrogens with two attached hydrogens (primary N) is 1. The Bertz CT molecular complexity index is 144. The molecule has 3 N–H and O–H groups in total. The number of hydrogen-bond acceptors (Lipinski definition) is 3. The van der Waals surface area contributed by atoms with E-state index in [4.69, 9.17) is 10.6 Å². The number of rotatable bonds is 5. The summed E-state index contributed by atoms with van der Waals surface area (Å²) in [5, 5.41) is 0. The fourth-order valence-corrected chi connectivity index (χ4v) is 2.50. The fourth-order valence-electron chi connectivity index (χ4n) is 2.50. The van der Waals surface area contributed by atoms with Crippen LogP contribution in [0.1, 0.15) is 39.0 Å². The van der Waals surface area contributed by atoms with Crippen LogP contribution in [0.3, 0.4) is 0 Å². The van der Waals surface area contributed by atoms with Gasteiger partial charge in [-0.15, -0.1) is 0 Å². The van der Waals surface area contributed by atoms with Gasteiger partial charge in [0.25, 0.3) is 0 Å². The van der Waals surface area contributed by atoms with Crippen LogP contribution in [0.2, 0.25) is 0 Å². The molecule has 3 heteroatoms. The van der Waals surface area contributed by atoms with Crippen molar-refractivity contribution in [2.24, 2.45) is 17.7 Å². The third-order valence-electron chi connectivity index (χ3n) is 3.60. The zero-order chi connectivity index (χ0) is 10.4. The molecule has 84 valence electrons. The molecule has 1 unspecified atom stereocenters. The normalized spacial score (nSPS) is 30.2. The SMILES string of the molecule is CCC1CCC(C(COC)NN)CC1. The molecule has 0 heterocycles. The van der Waals surface area contributed by atoms with Gasteiger partial charge >= 0.3 is 0 Å². The van der Waals surface area contributed by atoms with E-state index >= 15 is 0 Å². The van der Waals surface area contributed by atoms with Gasteiger partial charge in [-0.3, -0.25) is 11.3 Å². The highest BCUT2D eigenvalue weighted by Crippen LogP contribution is 2.32. The quantitative estimate of drug-likeness (QED) is 0.524. The summed E-state index contributed by atoms with van der Waals surface area (Å²) in [5.41, 5.74) is 2.88. The van der Waals surface area contributed by atoms with Crippen molar-refractivity contribution in [3.05, 3.63) is 0 Å². The highest BCUT2D eigenvalue weighted by Gasteiger charge is 2.26. The molecule has 1 rings (SSSR count). The first-order valence-electron chi connectivity index (χ1n) is 5.76. The van der Waals surface area contributed by atoms with Crippen LogP contribution in [-0.4, -0.2) is 19.8 Å². The predicted molar refractivity (Wildman–Crippen MR) is 58.7 cm³/mol. The van der Waals surface area contributed by atoms with Gasteiger partial charge in [0.05, 0.1) is 6.61 Å². The highest BCUT2D eigenvalue weighted by molar-refractivity contribution is 4.80. The topological polar surface area (TPSA) is 47.3 Å². The molecule has 0 bridgehead atoms. The van der Waals surface area contributed by atoms with E-state index in [9.17, 15) is 0 Å². The second kappa shape index (κ2) is 6.38. The third kappa shape index (κ3) is 3.23. The molecular formula is C11H24N2O. The summed E-state index contributed by atoms with van der Waals surface area (Å²) in [5.74, 6) is 7.19. The van der Waals surface area contributed by atoms with Gasteiger partial charge in [-0.05, 0) is 24.7 Å². The maximum absolute atomic E-state index is 5.53. The van der Waals surface area contributed by atoms with E-state index in [0.717, 1.165) is 12.5 Å². The first-order valence-corrected chi connectivity index (χ1v) is 5.76. The van der Waals surface area contributed by atoms with E-state index < -0.39 is 0 Å². The van der Waals surface area contributed by atoms with Crippen LogP contribution < -0.4 is 11.3 Å². The lowest BCUT2D eigenvalue weighted by molar-refractivity contribution is 0.116. The highest BCUT2D eigenvalue weighted by atomic mass is 16.5. The van der Waals surface area contributed by atoms with Gasteiger partial charge in [0.15, 0.2) is 0 Å². The summed E-state index contributed by atoms with van der Waals surface area (Å²) in [6.07, 6.45) is 6.66. The van der Waals surface area contributed by atoms with Gasteiger partial charge in [-0.2, -0.15) is 0 Å². The van der Waals surface area contributed by atoms with Crippen LogP contribution in [0.4, 0.5) is 0 Å². The van der Waals surface area contributed by atoms with Crippen molar-refractivity contribution < 1.29 is 4.74 Å². The Morgan fingerprint density at radius 3 is 2.43 bits per heavy atom. The lowest BCUT2D eigenvalue weighted by Gasteiger charge is -2.32. The number of hydrogen-bond donors (Lipinski definition) is 2. The van der Waals surface area contributed by atoms with Crippen molar-refractivity contribution >= 4 is 0 Å². The Morgan fingerprint density at radius 2 is 2.00 bits per heavy atom. The average Bonchev–Trinajstić information content (AvgIpc) is 2.26. The van der Waals surface area contributed by atoms with Gasteiger partial charge in [0.1, 0.15) is 0 Å². The van der Waals surface area contributed by atoms with Crippen LogP contribution in [0, 0.1) is 11.8 Å². The molecule has 0 aromatic rings. The van der Waals surface area contributed by atoms with Crippen LogP contribution in [0.5, 0.6) is 0 Å².